The second-order valence-corrected chi connectivity index (χ2v) is 3.39. The van der Waals surface area contributed by atoms with Crippen molar-refractivity contribution in [3.05, 3.63) is 29.3 Å². The van der Waals surface area contributed by atoms with Gasteiger partial charge in [0.15, 0.2) is 0 Å². The van der Waals surface area contributed by atoms with Gasteiger partial charge in [0.05, 0.1) is 13.2 Å². The molecular weight excluding hydrogens is 178 g/mol. The van der Waals surface area contributed by atoms with Crippen LogP contribution < -0.4 is 10.1 Å². The zero-order valence-corrected chi connectivity index (χ0v) is 8.54. The van der Waals surface area contributed by atoms with Crippen molar-refractivity contribution in [3.63, 3.8) is 0 Å². The van der Waals surface area contributed by atoms with Crippen LogP contribution in [0, 0.1) is 0 Å². The molecule has 2 rings (SSSR count). The lowest BCUT2D eigenvalue weighted by molar-refractivity contribution is 0.0929. The van der Waals surface area contributed by atoms with Gasteiger partial charge in [-0.3, -0.25) is 0 Å². The van der Waals surface area contributed by atoms with Gasteiger partial charge in [0.1, 0.15) is 5.75 Å². The highest BCUT2D eigenvalue weighted by molar-refractivity contribution is 5.43. The van der Waals surface area contributed by atoms with Crippen molar-refractivity contribution in [3.8, 4) is 5.75 Å². The number of hydrogen-bond acceptors (Lipinski definition) is 3. The van der Waals surface area contributed by atoms with E-state index in [0.717, 1.165) is 18.8 Å². The van der Waals surface area contributed by atoms with Crippen LogP contribution >= 0.6 is 0 Å². The molecule has 76 valence electrons. The molecule has 0 amide bonds. The lowest BCUT2D eigenvalue weighted by Gasteiger charge is -2.26. The third-order valence-corrected chi connectivity index (χ3v) is 2.63. The molecule has 14 heavy (non-hydrogen) atoms. The molecule has 1 unspecified atom stereocenters. The summed E-state index contributed by atoms with van der Waals surface area (Å²) in [6.07, 6.45) is 0.106. The van der Waals surface area contributed by atoms with Crippen molar-refractivity contribution in [2.24, 2.45) is 0 Å². The summed E-state index contributed by atoms with van der Waals surface area (Å²) < 4.78 is 10.8. The van der Waals surface area contributed by atoms with Crippen LogP contribution in [0.1, 0.15) is 17.2 Å². The van der Waals surface area contributed by atoms with Gasteiger partial charge in [0, 0.05) is 25.8 Å². The van der Waals surface area contributed by atoms with Crippen LogP contribution in [0.2, 0.25) is 0 Å². The van der Waals surface area contributed by atoms with Crippen molar-refractivity contribution >= 4 is 0 Å². The molecular formula is C11H15NO2. The van der Waals surface area contributed by atoms with E-state index in [0.29, 0.717) is 0 Å². The van der Waals surface area contributed by atoms with E-state index >= 15 is 0 Å². The zero-order chi connectivity index (χ0) is 9.97. The Bertz CT molecular complexity index is 311. The fourth-order valence-corrected chi connectivity index (χ4v) is 1.93. The molecule has 0 radical (unpaired) electrons. The summed E-state index contributed by atoms with van der Waals surface area (Å²) in [5.74, 6) is 0.927. The van der Waals surface area contributed by atoms with Crippen molar-refractivity contribution in [1.82, 2.24) is 5.32 Å². The number of hydrogen-bond donors (Lipinski definition) is 1. The molecule has 3 heteroatoms. The smallest absolute Gasteiger partial charge is 0.125 e. The monoisotopic (exact) mass is 193 g/mol. The van der Waals surface area contributed by atoms with Gasteiger partial charge in [-0.15, -0.1) is 0 Å². The largest absolute Gasteiger partial charge is 0.496 e. The Labute approximate surface area is 84.0 Å². The fourth-order valence-electron chi connectivity index (χ4n) is 1.93. The normalized spacial score (nSPS) is 20.3. The molecule has 0 aliphatic carbocycles. The Balaban J connectivity index is 2.46. The van der Waals surface area contributed by atoms with Crippen LogP contribution in [-0.2, 0) is 11.3 Å². The van der Waals surface area contributed by atoms with Crippen LogP contribution in [0.4, 0.5) is 0 Å². The number of nitrogens with one attached hydrogen (secondary N) is 1. The molecule has 1 heterocycles. The molecule has 0 bridgehead atoms. The second-order valence-electron chi connectivity index (χ2n) is 3.39. The van der Waals surface area contributed by atoms with Crippen molar-refractivity contribution in [1.29, 1.82) is 0 Å². The SMILES string of the molecule is COc1cccc2c1C(OC)CNC2. The first-order chi connectivity index (χ1) is 6.86. The number of rotatable bonds is 2. The Morgan fingerprint density at radius 2 is 2.21 bits per heavy atom. The maximum atomic E-state index is 5.42. The van der Waals surface area contributed by atoms with E-state index in [1.807, 2.05) is 12.1 Å². The van der Waals surface area contributed by atoms with E-state index in [-0.39, 0.29) is 6.10 Å². The van der Waals surface area contributed by atoms with Crippen molar-refractivity contribution < 1.29 is 9.47 Å². The minimum atomic E-state index is 0.106. The number of ether oxygens (including phenoxy) is 2. The standard InChI is InChI=1S/C11H15NO2/c1-13-9-5-3-4-8-6-12-7-10(14-2)11(8)9/h3-5,10,12H,6-7H2,1-2H3. The molecule has 0 fully saturated rings. The van der Waals surface area contributed by atoms with Crippen molar-refractivity contribution in [2.45, 2.75) is 12.6 Å². The lowest BCUT2D eigenvalue weighted by atomic mass is 9.97. The van der Waals surface area contributed by atoms with Crippen LogP contribution in [0.5, 0.6) is 5.75 Å². The summed E-state index contributed by atoms with van der Waals surface area (Å²) >= 11 is 0. The van der Waals surface area contributed by atoms with Crippen LogP contribution in [0.3, 0.4) is 0 Å². The first-order valence-electron chi connectivity index (χ1n) is 4.76. The van der Waals surface area contributed by atoms with E-state index in [1.54, 1.807) is 14.2 Å². The van der Waals surface area contributed by atoms with Gasteiger partial charge in [-0.1, -0.05) is 12.1 Å². The van der Waals surface area contributed by atoms with Gasteiger partial charge in [-0.2, -0.15) is 0 Å². The molecule has 0 aromatic heterocycles. The van der Waals surface area contributed by atoms with Crippen LogP contribution in [0.15, 0.2) is 18.2 Å². The molecule has 0 saturated carbocycles. The maximum absolute atomic E-state index is 5.42. The van der Waals surface area contributed by atoms with Gasteiger partial charge in [0.25, 0.3) is 0 Å². The van der Waals surface area contributed by atoms with E-state index in [4.69, 9.17) is 9.47 Å². The number of benzene rings is 1. The van der Waals surface area contributed by atoms with E-state index in [1.165, 1.54) is 11.1 Å². The quantitative estimate of drug-likeness (QED) is 0.771. The number of fused-ring (bicyclic) bond motifs is 1. The van der Waals surface area contributed by atoms with Gasteiger partial charge in [0.2, 0.25) is 0 Å². The maximum Gasteiger partial charge on any atom is 0.125 e. The van der Waals surface area contributed by atoms with Gasteiger partial charge in [-0.25, -0.2) is 0 Å². The number of methoxy groups -OCH3 is 2. The molecule has 1 aromatic carbocycles. The summed E-state index contributed by atoms with van der Waals surface area (Å²) in [6.45, 7) is 1.75. The first kappa shape index (κ1) is 9.49. The highest BCUT2D eigenvalue weighted by atomic mass is 16.5. The van der Waals surface area contributed by atoms with Crippen LogP contribution in [0.25, 0.3) is 0 Å². The molecule has 1 atom stereocenters. The molecule has 1 aliphatic heterocycles. The molecule has 1 aromatic rings. The predicted molar refractivity (Wildman–Crippen MR) is 54.5 cm³/mol. The average Bonchev–Trinajstić information content (AvgIpc) is 2.27. The minimum Gasteiger partial charge on any atom is -0.496 e. The fraction of sp³-hybridized carbons (Fsp3) is 0.455. The topological polar surface area (TPSA) is 30.5 Å². The first-order valence-corrected chi connectivity index (χ1v) is 4.76. The third kappa shape index (κ3) is 1.49. The van der Waals surface area contributed by atoms with Crippen molar-refractivity contribution in [2.75, 3.05) is 20.8 Å². The van der Waals surface area contributed by atoms with E-state index in [9.17, 15) is 0 Å². The molecule has 0 saturated heterocycles. The van der Waals surface area contributed by atoms with Gasteiger partial charge >= 0.3 is 0 Å². The Hall–Kier alpha value is -1.06. The van der Waals surface area contributed by atoms with Gasteiger partial charge in [-0.05, 0) is 11.6 Å². The zero-order valence-electron chi connectivity index (χ0n) is 8.54. The Morgan fingerprint density at radius 3 is 2.93 bits per heavy atom. The Morgan fingerprint density at radius 1 is 1.36 bits per heavy atom. The predicted octanol–water partition coefficient (Wildman–Crippen LogP) is 1.49. The van der Waals surface area contributed by atoms with Gasteiger partial charge < -0.3 is 14.8 Å². The third-order valence-electron chi connectivity index (χ3n) is 2.63. The highest BCUT2D eigenvalue weighted by Crippen LogP contribution is 2.32. The summed E-state index contributed by atoms with van der Waals surface area (Å²) in [4.78, 5) is 0. The highest BCUT2D eigenvalue weighted by Gasteiger charge is 2.22. The molecule has 1 aliphatic rings. The molecule has 3 nitrogen and oxygen atoms in total. The summed E-state index contributed by atoms with van der Waals surface area (Å²) in [7, 11) is 3.43. The lowest BCUT2D eigenvalue weighted by Crippen LogP contribution is -2.29. The molecule has 1 N–H and O–H groups in total. The van der Waals surface area contributed by atoms with E-state index < -0.39 is 0 Å². The molecule has 0 spiro atoms. The van der Waals surface area contributed by atoms with E-state index in [2.05, 4.69) is 11.4 Å². The summed E-state index contributed by atoms with van der Waals surface area (Å²) in [5.41, 5.74) is 2.46. The summed E-state index contributed by atoms with van der Waals surface area (Å²) in [5, 5.41) is 3.31. The summed E-state index contributed by atoms with van der Waals surface area (Å²) in [6, 6.07) is 6.10. The minimum absolute atomic E-state index is 0.106. The Kier molecular flexibility index (Phi) is 2.70. The average molecular weight is 193 g/mol. The van der Waals surface area contributed by atoms with Crippen LogP contribution in [-0.4, -0.2) is 20.8 Å². The second kappa shape index (κ2) is 3.98.